The van der Waals surface area contributed by atoms with Crippen molar-refractivity contribution < 1.29 is 4.42 Å². The number of oxazole rings is 1. The van der Waals surface area contributed by atoms with Crippen molar-refractivity contribution in [1.82, 2.24) is 14.8 Å². The lowest BCUT2D eigenvalue weighted by molar-refractivity contribution is 0.445. The third-order valence-electron chi connectivity index (χ3n) is 3.03. The Bertz CT molecular complexity index is 489. The van der Waals surface area contributed by atoms with Gasteiger partial charge in [0.05, 0.1) is 11.4 Å². The van der Waals surface area contributed by atoms with E-state index in [0.717, 1.165) is 17.3 Å². The van der Waals surface area contributed by atoms with Gasteiger partial charge in [-0.3, -0.25) is 4.68 Å². The van der Waals surface area contributed by atoms with Crippen LogP contribution in [0.4, 0.5) is 0 Å². The van der Waals surface area contributed by atoms with E-state index in [9.17, 15) is 0 Å². The zero-order valence-corrected chi connectivity index (χ0v) is 9.60. The van der Waals surface area contributed by atoms with Crippen molar-refractivity contribution in [3.05, 3.63) is 35.3 Å². The predicted octanol–water partition coefficient (Wildman–Crippen LogP) is 2.41. The van der Waals surface area contributed by atoms with Crippen LogP contribution in [0.1, 0.15) is 41.8 Å². The second-order valence-corrected chi connectivity index (χ2v) is 4.46. The highest BCUT2D eigenvalue weighted by Crippen LogP contribution is 2.38. The SMILES string of the molecule is Cc1nc(Cn2ccc(C3CC3)n2)oc1C. The highest BCUT2D eigenvalue weighted by Gasteiger charge is 2.25. The van der Waals surface area contributed by atoms with Crippen molar-refractivity contribution in [2.24, 2.45) is 0 Å². The third kappa shape index (κ3) is 1.75. The molecule has 1 aliphatic carbocycles. The lowest BCUT2D eigenvalue weighted by atomic mass is 10.3. The Balaban J connectivity index is 1.77. The zero-order chi connectivity index (χ0) is 11.1. The van der Waals surface area contributed by atoms with Crippen LogP contribution in [0.2, 0.25) is 0 Å². The minimum absolute atomic E-state index is 0.626. The minimum Gasteiger partial charge on any atom is -0.444 e. The number of nitrogens with zero attached hydrogens (tertiary/aromatic N) is 3. The van der Waals surface area contributed by atoms with E-state index < -0.39 is 0 Å². The van der Waals surface area contributed by atoms with Gasteiger partial charge in [0.1, 0.15) is 12.3 Å². The van der Waals surface area contributed by atoms with Gasteiger partial charge in [-0.1, -0.05) is 0 Å². The Morgan fingerprint density at radius 3 is 2.88 bits per heavy atom. The number of aromatic nitrogens is 3. The summed E-state index contributed by atoms with van der Waals surface area (Å²) in [5, 5.41) is 4.52. The normalized spacial score (nSPS) is 15.6. The zero-order valence-electron chi connectivity index (χ0n) is 9.60. The fourth-order valence-corrected chi connectivity index (χ4v) is 1.81. The van der Waals surface area contributed by atoms with Crippen LogP contribution in [0, 0.1) is 13.8 Å². The molecular weight excluding hydrogens is 202 g/mol. The summed E-state index contributed by atoms with van der Waals surface area (Å²) in [6.45, 7) is 4.52. The Labute approximate surface area is 94.3 Å². The first-order chi connectivity index (χ1) is 7.72. The van der Waals surface area contributed by atoms with E-state index >= 15 is 0 Å². The maximum absolute atomic E-state index is 5.53. The van der Waals surface area contributed by atoms with E-state index in [-0.39, 0.29) is 0 Å². The Hall–Kier alpha value is -1.58. The molecule has 1 saturated carbocycles. The molecule has 0 saturated heterocycles. The van der Waals surface area contributed by atoms with Crippen LogP contribution in [-0.4, -0.2) is 14.8 Å². The van der Waals surface area contributed by atoms with E-state index in [2.05, 4.69) is 16.1 Å². The molecule has 0 N–H and O–H groups in total. The van der Waals surface area contributed by atoms with Gasteiger partial charge >= 0.3 is 0 Å². The van der Waals surface area contributed by atoms with Crippen LogP contribution < -0.4 is 0 Å². The van der Waals surface area contributed by atoms with E-state index in [1.165, 1.54) is 18.5 Å². The summed E-state index contributed by atoms with van der Waals surface area (Å²) in [4.78, 5) is 4.35. The summed E-state index contributed by atoms with van der Waals surface area (Å²) in [6, 6.07) is 2.10. The average Bonchev–Trinajstić information content (AvgIpc) is 2.92. The van der Waals surface area contributed by atoms with Crippen LogP contribution in [0.15, 0.2) is 16.7 Å². The second kappa shape index (κ2) is 3.47. The summed E-state index contributed by atoms with van der Waals surface area (Å²) in [5.74, 6) is 2.33. The van der Waals surface area contributed by atoms with Crippen LogP contribution in [0.3, 0.4) is 0 Å². The number of aryl methyl sites for hydroxylation is 2. The van der Waals surface area contributed by atoms with E-state index in [0.29, 0.717) is 12.5 Å². The highest BCUT2D eigenvalue weighted by atomic mass is 16.4. The molecule has 0 atom stereocenters. The largest absolute Gasteiger partial charge is 0.444 e. The van der Waals surface area contributed by atoms with Crippen molar-refractivity contribution in [2.75, 3.05) is 0 Å². The molecule has 16 heavy (non-hydrogen) atoms. The number of hydrogen-bond donors (Lipinski definition) is 0. The fourth-order valence-electron chi connectivity index (χ4n) is 1.81. The maximum atomic E-state index is 5.53. The smallest absolute Gasteiger partial charge is 0.216 e. The molecule has 0 spiro atoms. The summed E-state index contributed by atoms with van der Waals surface area (Å²) in [7, 11) is 0. The lowest BCUT2D eigenvalue weighted by Gasteiger charge is -1.96. The van der Waals surface area contributed by atoms with Crippen molar-refractivity contribution in [2.45, 2.75) is 39.2 Å². The van der Waals surface area contributed by atoms with Gasteiger partial charge in [-0.05, 0) is 32.8 Å². The molecule has 0 bridgehead atoms. The summed E-state index contributed by atoms with van der Waals surface area (Å²) in [5.41, 5.74) is 2.17. The van der Waals surface area contributed by atoms with E-state index in [1.807, 2.05) is 24.7 Å². The first-order valence-electron chi connectivity index (χ1n) is 5.68. The van der Waals surface area contributed by atoms with Gasteiger partial charge in [-0.2, -0.15) is 5.10 Å². The molecule has 84 valence electrons. The van der Waals surface area contributed by atoms with Gasteiger partial charge < -0.3 is 4.42 Å². The van der Waals surface area contributed by atoms with Gasteiger partial charge in [0.25, 0.3) is 0 Å². The first-order valence-corrected chi connectivity index (χ1v) is 5.68. The topological polar surface area (TPSA) is 43.9 Å². The molecule has 2 aromatic heterocycles. The Morgan fingerprint density at radius 1 is 1.44 bits per heavy atom. The first kappa shape index (κ1) is 9.63. The molecule has 2 aromatic rings. The minimum atomic E-state index is 0.626. The quantitative estimate of drug-likeness (QED) is 0.793. The molecule has 3 rings (SSSR count). The van der Waals surface area contributed by atoms with Gasteiger partial charge in [0, 0.05) is 12.1 Å². The number of hydrogen-bond acceptors (Lipinski definition) is 3. The van der Waals surface area contributed by atoms with Crippen molar-refractivity contribution in [3.63, 3.8) is 0 Å². The molecule has 4 heteroatoms. The second-order valence-electron chi connectivity index (χ2n) is 4.46. The van der Waals surface area contributed by atoms with Crippen LogP contribution in [-0.2, 0) is 6.54 Å². The van der Waals surface area contributed by atoms with Crippen LogP contribution in [0.5, 0.6) is 0 Å². The molecule has 1 fully saturated rings. The monoisotopic (exact) mass is 217 g/mol. The highest BCUT2D eigenvalue weighted by molar-refractivity contribution is 5.13. The predicted molar refractivity (Wildman–Crippen MR) is 59.3 cm³/mol. The fraction of sp³-hybridized carbons (Fsp3) is 0.500. The van der Waals surface area contributed by atoms with E-state index in [4.69, 9.17) is 4.42 Å². The summed E-state index contributed by atoms with van der Waals surface area (Å²) < 4.78 is 7.43. The summed E-state index contributed by atoms with van der Waals surface area (Å²) >= 11 is 0. The van der Waals surface area contributed by atoms with Crippen molar-refractivity contribution in [1.29, 1.82) is 0 Å². The molecule has 0 aromatic carbocycles. The molecule has 0 unspecified atom stereocenters. The van der Waals surface area contributed by atoms with Gasteiger partial charge in [0.15, 0.2) is 0 Å². The molecule has 1 aliphatic rings. The maximum Gasteiger partial charge on any atom is 0.216 e. The van der Waals surface area contributed by atoms with E-state index in [1.54, 1.807) is 0 Å². The van der Waals surface area contributed by atoms with Gasteiger partial charge in [-0.15, -0.1) is 0 Å². The summed E-state index contributed by atoms with van der Waals surface area (Å²) in [6.07, 6.45) is 4.57. The van der Waals surface area contributed by atoms with Crippen LogP contribution >= 0.6 is 0 Å². The molecule has 4 nitrogen and oxygen atoms in total. The standard InChI is InChI=1S/C12H15N3O/c1-8-9(2)16-12(13-8)7-15-6-5-11(14-15)10-3-4-10/h5-6,10H,3-4,7H2,1-2H3. The Morgan fingerprint density at radius 2 is 2.25 bits per heavy atom. The third-order valence-corrected chi connectivity index (χ3v) is 3.03. The molecule has 0 radical (unpaired) electrons. The number of rotatable bonds is 3. The Kier molecular flexibility index (Phi) is 2.09. The molecule has 2 heterocycles. The van der Waals surface area contributed by atoms with Gasteiger partial charge in [0.2, 0.25) is 5.89 Å². The molecule has 0 aliphatic heterocycles. The molecular formula is C12H15N3O. The van der Waals surface area contributed by atoms with Crippen molar-refractivity contribution >= 4 is 0 Å². The van der Waals surface area contributed by atoms with Crippen molar-refractivity contribution in [3.8, 4) is 0 Å². The lowest BCUT2D eigenvalue weighted by Crippen LogP contribution is -2.01. The average molecular weight is 217 g/mol. The molecule has 0 amide bonds. The van der Waals surface area contributed by atoms with Gasteiger partial charge in [-0.25, -0.2) is 4.98 Å². The van der Waals surface area contributed by atoms with Crippen LogP contribution in [0.25, 0.3) is 0 Å².